The first-order valence-corrected chi connectivity index (χ1v) is 8.19. The van der Waals surface area contributed by atoms with Gasteiger partial charge in [-0.05, 0) is 55.0 Å². The Kier molecular flexibility index (Phi) is 3.77. The summed E-state index contributed by atoms with van der Waals surface area (Å²) in [5.41, 5.74) is 4.57. The fourth-order valence-electron chi connectivity index (χ4n) is 3.13. The van der Waals surface area contributed by atoms with Crippen LogP contribution in [0, 0.1) is 12.7 Å². The minimum Gasteiger partial charge on any atom is -0.497 e. The fraction of sp³-hybridized carbons (Fsp3) is 0.0909. The van der Waals surface area contributed by atoms with E-state index in [2.05, 4.69) is 22.8 Å². The smallest absolute Gasteiger partial charge is 0.126 e. The molecule has 25 heavy (non-hydrogen) atoms. The van der Waals surface area contributed by atoms with E-state index in [1.54, 1.807) is 20.1 Å². The van der Waals surface area contributed by atoms with E-state index in [-0.39, 0.29) is 5.82 Å². The molecular formula is C22H18FNO. The van der Waals surface area contributed by atoms with Gasteiger partial charge in [0.05, 0.1) is 18.3 Å². The first-order valence-electron chi connectivity index (χ1n) is 8.19. The van der Waals surface area contributed by atoms with E-state index in [1.165, 1.54) is 0 Å². The minimum absolute atomic E-state index is 0.191. The minimum atomic E-state index is -0.191. The predicted octanol–water partition coefficient (Wildman–Crippen LogP) is 5.75. The number of ether oxygens (including phenoxy) is 1. The molecule has 0 atom stereocenters. The van der Waals surface area contributed by atoms with Crippen molar-refractivity contribution in [2.45, 2.75) is 6.92 Å². The highest BCUT2D eigenvalue weighted by atomic mass is 19.1. The van der Waals surface area contributed by atoms with E-state index in [0.29, 0.717) is 5.56 Å². The molecule has 0 bridgehead atoms. The zero-order chi connectivity index (χ0) is 17.4. The van der Waals surface area contributed by atoms with Crippen LogP contribution >= 0.6 is 0 Å². The van der Waals surface area contributed by atoms with Crippen molar-refractivity contribution in [1.82, 2.24) is 4.57 Å². The predicted molar refractivity (Wildman–Crippen MR) is 100.0 cm³/mol. The van der Waals surface area contributed by atoms with Gasteiger partial charge in [0.2, 0.25) is 0 Å². The molecule has 1 heterocycles. The topological polar surface area (TPSA) is 14.2 Å². The second kappa shape index (κ2) is 6.10. The number of rotatable bonds is 3. The van der Waals surface area contributed by atoms with Gasteiger partial charge in [-0.2, -0.15) is 0 Å². The highest BCUT2D eigenvalue weighted by Crippen LogP contribution is 2.32. The molecule has 1 aromatic heterocycles. The van der Waals surface area contributed by atoms with E-state index in [4.69, 9.17) is 4.74 Å². The van der Waals surface area contributed by atoms with Crippen LogP contribution < -0.4 is 4.74 Å². The molecule has 0 saturated heterocycles. The number of fused-ring (bicyclic) bond motifs is 1. The molecule has 3 heteroatoms. The Labute approximate surface area is 146 Å². The summed E-state index contributed by atoms with van der Waals surface area (Å²) in [4.78, 5) is 0. The molecule has 0 N–H and O–H groups in total. The Bertz CT molecular complexity index is 1050. The monoisotopic (exact) mass is 331 g/mol. The molecule has 124 valence electrons. The number of methoxy groups -OCH3 is 1. The second-order valence-electron chi connectivity index (χ2n) is 6.09. The molecule has 2 nitrogen and oxygen atoms in total. The number of para-hydroxylation sites is 1. The summed E-state index contributed by atoms with van der Waals surface area (Å²) in [5, 5.41) is 1.12. The van der Waals surface area contributed by atoms with Gasteiger partial charge < -0.3 is 9.30 Å². The van der Waals surface area contributed by atoms with Gasteiger partial charge in [0.25, 0.3) is 0 Å². The Balaban J connectivity index is 1.98. The third kappa shape index (κ3) is 2.68. The quantitative estimate of drug-likeness (QED) is 0.466. The zero-order valence-electron chi connectivity index (χ0n) is 14.2. The first-order chi connectivity index (χ1) is 12.2. The SMILES string of the molecule is COc1ccc(-n2c(-c3ccc(C)c(F)c3)cc3ccccc32)cc1. The summed E-state index contributed by atoms with van der Waals surface area (Å²) in [7, 11) is 1.65. The van der Waals surface area contributed by atoms with Gasteiger partial charge >= 0.3 is 0 Å². The summed E-state index contributed by atoms with van der Waals surface area (Å²) in [6.07, 6.45) is 0. The Morgan fingerprint density at radius 1 is 0.880 bits per heavy atom. The van der Waals surface area contributed by atoms with Crippen LogP contribution in [0.5, 0.6) is 5.75 Å². The van der Waals surface area contributed by atoms with Gasteiger partial charge in [-0.3, -0.25) is 0 Å². The van der Waals surface area contributed by atoms with Crippen molar-refractivity contribution in [2.75, 3.05) is 7.11 Å². The van der Waals surface area contributed by atoms with Crippen molar-refractivity contribution in [1.29, 1.82) is 0 Å². The number of hydrogen-bond donors (Lipinski definition) is 0. The van der Waals surface area contributed by atoms with Gasteiger partial charge in [0.15, 0.2) is 0 Å². The van der Waals surface area contributed by atoms with Gasteiger partial charge in [-0.25, -0.2) is 4.39 Å². The van der Waals surface area contributed by atoms with Crippen molar-refractivity contribution in [2.24, 2.45) is 0 Å². The lowest BCUT2D eigenvalue weighted by molar-refractivity contribution is 0.415. The van der Waals surface area contributed by atoms with E-state index in [0.717, 1.165) is 33.6 Å². The van der Waals surface area contributed by atoms with Crippen LogP contribution in [0.2, 0.25) is 0 Å². The number of halogens is 1. The van der Waals surface area contributed by atoms with E-state index >= 15 is 0 Å². The van der Waals surface area contributed by atoms with Crippen LogP contribution in [0.4, 0.5) is 4.39 Å². The van der Waals surface area contributed by atoms with Crippen LogP contribution in [0.1, 0.15) is 5.56 Å². The van der Waals surface area contributed by atoms with Crippen LogP contribution in [0.25, 0.3) is 27.8 Å². The number of aromatic nitrogens is 1. The number of benzene rings is 3. The second-order valence-corrected chi connectivity index (χ2v) is 6.09. The lowest BCUT2D eigenvalue weighted by Crippen LogP contribution is -1.97. The third-order valence-corrected chi connectivity index (χ3v) is 4.51. The maximum Gasteiger partial charge on any atom is 0.126 e. The summed E-state index contributed by atoms with van der Waals surface area (Å²) in [6, 6.07) is 23.6. The average Bonchev–Trinajstić information content (AvgIpc) is 3.03. The van der Waals surface area contributed by atoms with Crippen molar-refractivity contribution in [3.05, 3.63) is 84.2 Å². The molecule has 3 aromatic carbocycles. The summed E-state index contributed by atoms with van der Waals surface area (Å²) >= 11 is 0. The van der Waals surface area contributed by atoms with E-state index in [9.17, 15) is 4.39 Å². The van der Waals surface area contributed by atoms with Crippen LogP contribution in [-0.2, 0) is 0 Å². The fourth-order valence-corrected chi connectivity index (χ4v) is 3.13. The molecule has 4 rings (SSSR count). The largest absolute Gasteiger partial charge is 0.497 e. The molecule has 4 aromatic rings. The molecular weight excluding hydrogens is 313 g/mol. The Hall–Kier alpha value is -3.07. The van der Waals surface area contributed by atoms with Gasteiger partial charge in [-0.1, -0.05) is 30.3 Å². The summed E-state index contributed by atoms with van der Waals surface area (Å²) < 4.78 is 21.5. The summed E-state index contributed by atoms with van der Waals surface area (Å²) in [6.45, 7) is 1.78. The highest BCUT2D eigenvalue weighted by molar-refractivity contribution is 5.89. The maximum atomic E-state index is 14.1. The summed E-state index contributed by atoms with van der Waals surface area (Å²) in [5.74, 6) is 0.618. The first kappa shape index (κ1) is 15.5. The molecule has 0 aliphatic rings. The maximum absolute atomic E-state index is 14.1. The van der Waals surface area contributed by atoms with Crippen molar-refractivity contribution < 1.29 is 9.13 Å². The van der Waals surface area contributed by atoms with E-state index < -0.39 is 0 Å². The number of hydrogen-bond acceptors (Lipinski definition) is 1. The normalized spacial score (nSPS) is 11.0. The van der Waals surface area contributed by atoms with E-state index in [1.807, 2.05) is 48.5 Å². The zero-order valence-corrected chi connectivity index (χ0v) is 14.2. The van der Waals surface area contributed by atoms with Gasteiger partial charge in [-0.15, -0.1) is 0 Å². The highest BCUT2D eigenvalue weighted by Gasteiger charge is 2.13. The third-order valence-electron chi connectivity index (χ3n) is 4.51. The average molecular weight is 331 g/mol. The number of aryl methyl sites for hydroxylation is 1. The van der Waals surface area contributed by atoms with Crippen molar-refractivity contribution in [3.8, 4) is 22.7 Å². The molecule has 0 saturated carbocycles. The molecule has 0 aliphatic carbocycles. The number of nitrogens with zero attached hydrogens (tertiary/aromatic N) is 1. The van der Waals surface area contributed by atoms with Crippen molar-refractivity contribution >= 4 is 10.9 Å². The molecule has 0 spiro atoms. The Morgan fingerprint density at radius 3 is 2.36 bits per heavy atom. The van der Waals surface area contributed by atoms with Crippen molar-refractivity contribution in [3.63, 3.8) is 0 Å². The Morgan fingerprint density at radius 2 is 1.64 bits per heavy atom. The van der Waals surface area contributed by atoms with Crippen LogP contribution in [0.15, 0.2) is 72.8 Å². The van der Waals surface area contributed by atoms with Gasteiger partial charge in [0, 0.05) is 16.6 Å². The molecule has 0 aliphatic heterocycles. The van der Waals surface area contributed by atoms with Gasteiger partial charge in [0.1, 0.15) is 11.6 Å². The molecule has 0 fully saturated rings. The lowest BCUT2D eigenvalue weighted by Gasteiger charge is -2.12. The van der Waals surface area contributed by atoms with Crippen LogP contribution in [-0.4, -0.2) is 11.7 Å². The molecule has 0 radical (unpaired) electrons. The molecule has 0 unspecified atom stereocenters. The standard InChI is InChI=1S/C22H18FNO/c1-15-7-8-17(13-20(15)23)22-14-16-5-3-4-6-21(16)24(22)18-9-11-19(25-2)12-10-18/h3-14H,1-2H3. The molecule has 0 amide bonds. The lowest BCUT2D eigenvalue weighted by atomic mass is 10.1. The van der Waals surface area contributed by atoms with Crippen LogP contribution in [0.3, 0.4) is 0 Å².